The van der Waals surface area contributed by atoms with Crippen molar-refractivity contribution in [3.05, 3.63) is 106 Å². The predicted octanol–water partition coefficient (Wildman–Crippen LogP) is 6.48. The lowest BCUT2D eigenvalue weighted by molar-refractivity contribution is 0.401. The van der Waals surface area contributed by atoms with E-state index in [4.69, 9.17) is 11.6 Å². The molecule has 3 aromatic rings. The Labute approximate surface area is 189 Å². The van der Waals surface area contributed by atoms with Crippen molar-refractivity contribution in [2.24, 2.45) is 0 Å². The molecule has 0 fully saturated rings. The van der Waals surface area contributed by atoms with Gasteiger partial charge in [-0.2, -0.15) is 10.5 Å². The molecule has 0 saturated carbocycles. The zero-order chi connectivity index (χ0) is 22.2. The molecule has 2 unspecified atom stereocenters. The molecule has 3 atom stereocenters. The second-order valence-electron chi connectivity index (χ2n) is 7.96. The fourth-order valence-corrected chi connectivity index (χ4v) is 4.02. The first-order valence-electron chi connectivity index (χ1n) is 10.4. The Morgan fingerprint density at radius 3 is 2.29 bits per heavy atom. The third-order valence-electron chi connectivity index (χ3n) is 5.66. The minimum Gasteiger partial charge on any atom is -0.306 e. The number of hydrogen-bond acceptors (Lipinski definition) is 3. The van der Waals surface area contributed by atoms with E-state index in [9.17, 15) is 10.5 Å². The number of aryl methyl sites for hydroxylation is 1. The average molecular weight is 428 g/mol. The highest BCUT2D eigenvalue weighted by atomic mass is 35.5. The van der Waals surface area contributed by atoms with Crippen LogP contribution in [0.1, 0.15) is 53.1 Å². The Bertz CT molecular complexity index is 1080. The Morgan fingerprint density at radius 2 is 1.65 bits per heavy atom. The average Bonchev–Trinajstić information content (AvgIpc) is 2.79. The van der Waals surface area contributed by atoms with Gasteiger partial charge in [-0.25, -0.2) is 0 Å². The summed E-state index contributed by atoms with van der Waals surface area (Å²) in [4.78, 5) is 0. The standard InChI is InChI=1S/C27H26ClN3/c1-19-6-10-23(11-7-19)27(14-15-29)31-20(2)26(17-21-8-12-25(28)13-9-21)24-5-3-4-22(16-24)18-30/h3-13,16,20,26-27,31H,14,17H2,1-2H3/t20?,26?,27-/m0/s1. The quantitative estimate of drug-likeness (QED) is 0.447. The molecule has 3 rings (SSSR count). The number of nitriles is 2. The third-order valence-corrected chi connectivity index (χ3v) is 5.91. The molecule has 3 aromatic carbocycles. The van der Waals surface area contributed by atoms with E-state index < -0.39 is 0 Å². The van der Waals surface area contributed by atoms with E-state index in [1.807, 2.05) is 42.5 Å². The van der Waals surface area contributed by atoms with E-state index >= 15 is 0 Å². The Kier molecular flexibility index (Phi) is 7.85. The van der Waals surface area contributed by atoms with Gasteiger partial charge in [0, 0.05) is 23.0 Å². The molecule has 3 nitrogen and oxygen atoms in total. The Balaban J connectivity index is 1.90. The van der Waals surface area contributed by atoms with Crippen LogP contribution < -0.4 is 5.32 Å². The summed E-state index contributed by atoms with van der Waals surface area (Å²) in [5, 5.41) is 23.2. The van der Waals surface area contributed by atoms with Gasteiger partial charge in [-0.15, -0.1) is 0 Å². The number of rotatable bonds is 8. The summed E-state index contributed by atoms with van der Waals surface area (Å²) in [5.41, 5.74) is 5.24. The lowest BCUT2D eigenvalue weighted by atomic mass is 9.85. The van der Waals surface area contributed by atoms with Crippen LogP contribution in [0.3, 0.4) is 0 Å². The fourth-order valence-electron chi connectivity index (χ4n) is 3.89. The van der Waals surface area contributed by atoms with Gasteiger partial charge in [-0.1, -0.05) is 65.7 Å². The molecule has 0 heterocycles. The highest BCUT2D eigenvalue weighted by molar-refractivity contribution is 6.30. The molecule has 0 radical (unpaired) electrons. The highest BCUT2D eigenvalue weighted by Gasteiger charge is 2.24. The van der Waals surface area contributed by atoms with Crippen molar-refractivity contribution >= 4 is 11.6 Å². The number of halogens is 1. The second kappa shape index (κ2) is 10.8. The first-order valence-corrected chi connectivity index (χ1v) is 10.8. The summed E-state index contributed by atoms with van der Waals surface area (Å²) in [6.07, 6.45) is 1.19. The van der Waals surface area contributed by atoms with Crippen LogP contribution in [0.4, 0.5) is 0 Å². The van der Waals surface area contributed by atoms with Crippen molar-refractivity contribution in [3.8, 4) is 12.1 Å². The van der Waals surface area contributed by atoms with E-state index in [1.54, 1.807) is 0 Å². The Morgan fingerprint density at radius 1 is 0.935 bits per heavy atom. The van der Waals surface area contributed by atoms with Gasteiger partial charge in [0.05, 0.1) is 24.1 Å². The van der Waals surface area contributed by atoms with Crippen LogP contribution in [0, 0.1) is 29.6 Å². The SMILES string of the molecule is Cc1ccc([C@H](CC#N)NC(C)C(Cc2ccc(Cl)cc2)c2cccc(C#N)c2)cc1. The maximum Gasteiger partial charge on any atom is 0.0991 e. The van der Waals surface area contributed by atoms with Gasteiger partial charge in [0.1, 0.15) is 0 Å². The normalized spacial score (nSPS) is 13.6. The number of nitrogens with one attached hydrogen (secondary N) is 1. The third kappa shape index (κ3) is 6.19. The smallest absolute Gasteiger partial charge is 0.0991 e. The van der Waals surface area contributed by atoms with Gasteiger partial charge >= 0.3 is 0 Å². The number of hydrogen-bond donors (Lipinski definition) is 1. The highest BCUT2D eigenvalue weighted by Crippen LogP contribution is 2.29. The molecule has 0 aliphatic carbocycles. The summed E-state index contributed by atoms with van der Waals surface area (Å²) in [6.45, 7) is 4.21. The van der Waals surface area contributed by atoms with Crippen LogP contribution in [0.5, 0.6) is 0 Å². The van der Waals surface area contributed by atoms with Gasteiger partial charge < -0.3 is 5.32 Å². The van der Waals surface area contributed by atoms with Crippen molar-refractivity contribution < 1.29 is 0 Å². The van der Waals surface area contributed by atoms with Crippen molar-refractivity contribution in [2.45, 2.75) is 44.7 Å². The number of nitrogens with zero attached hydrogens (tertiary/aromatic N) is 2. The van der Waals surface area contributed by atoms with E-state index in [-0.39, 0.29) is 18.0 Å². The maximum atomic E-state index is 9.41. The van der Waals surface area contributed by atoms with Crippen molar-refractivity contribution in [2.75, 3.05) is 0 Å². The summed E-state index contributed by atoms with van der Waals surface area (Å²) in [5.74, 6) is 0.126. The van der Waals surface area contributed by atoms with Crippen LogP contribution >= 0.6 is 11.6 Å². The largest absolute Gasteiger partial charge is 0.306 e. The van der Waals surface area contributed by atoms with E-state index in [0.29, 0.717) is 17.0 Å². The van der Waals surface area contributed by atoms with Crippen molar-refractivity contribution in [1.82, 2.24) is 5.32 Å². The first-order chi connectivity index (χ1) is 15.0. The lowest BCUT2D eigenvalue weighted by Gasteiger charge is -2.30. The fraction of sp³-hybridized carbons (Fsp3) is 0.259. The van der Waals surface area contributed by atoms with Gasteiger partial charge in [0.15, 0.2) is 0 Å². The Hall–Kier alpha value is -3.11. The molecular formula is C27H26ClN3. The monoisotopic (exact) mass is 427 g/mol. The molecule has 0 aromatic heterocycles. The van der Waals surface area contributed by atoms with Crippen LogP contribution in [0.15, 0.2) is 72.8 Å². The van der Waals surface area contributed by atoms with Crippen molar-refractivity contribution in [1.29, 1.82) is 10.5 Å². The van der Waals surface area contributed by atoms with Crippen LogP contribution in [0.2, 0.25) is 5.02 Å². The summed E-state index contributed by atoms with van der Waals surface area (Å²) in [7, 11) is 0. The van der Waals surface area contributed by atoms with Crippen LogP contribution in [-0.4, -0.2) is 6.04 Å². The maximum absolute atomic E-state index is 9.41. The van der Waals surface area contributed by atoms with Gasteiger partial charge in [0.2, 0.25) is 0 Å². The van der Waals surface area contributed by atoms with Gasteiger partial charge in [-0.3, -0.25) is 0 Å². The summed E-state index contributed by atoms with van der Waals surface area (Å²) >= 11 is 6.07. The molecule has 0 aliphatic rings. The molecule has 0 amide bonds. The molecule has 0 bridgehead atoms. The topological polar surface area (TPSA) is 59.6 Å². The molecule has 31 heavy (non-hydrogen) atoms. The zero-order valence-corrected chi connectivity index (χ0v) is 18.6. The number of benzene rings is 3. The molecule has 0 saturated heterocycles. The van der Waals surface area contributed by atoms with Crippen molar-refractivity contribution in [3.63, 3.8) is 0 Å². The zero-order valence-electron chi connectivity index (χ0n) is 17.8. The van der Waals surface area contributed by atoms with Crippen LogP contribution in [0.25, 0.3) is 0 Å². The van der Waals surface area contributed by atoms with E-state index in [2.05, 4.69) is 61.6 Å². The molecular weight excluding hydrogens is 402 g/mol. The minimum atomic E-state index is -0.0625. The van der Waals surface area contributed by atoms with Crippen LogP contribution in [-0.2, 0) is 6.42 Å². The first kappa shape index (κ1) is 22.6. The summed E-state index contributed by atoms with van der Waals surface area (Å²) in [6, 6.07) is 28.6. The minimum absolute atomic E-state index is 0.0625. The van der Waals surface area contributed by atoms with Gasteiger partial charge in [0.25, 0.3) is 0 Å². The predicted molar refractivity (Wildman–Crippen MR) is 126 cm³/mol. The molecule has 156 valence electrons. The second-order valence-corrected chi connectivity index (χ2v) is 8.39. The van der Waals surface area contributed by atoms with Gasteiger partial charge in [-0.05, 0) is 61.2 Å². The lowest BCUT2D eigenvalue weighted by Crippen LogP contribution is -2.36. The molecule has 4 heteroatoms. The molecule has 1 N–H and O–H groups in total. The molecule has 0 spiro atoms. The molecule has 0 aliphatic heterocycles. The summed E-state index contributed by atoms with van der Waals surface area (Å²) < 4.78 is 0. The van der Waals surface area contributed by atoms with E-state index in [1.165, 1.54) is 11.1 Å². The van der Waals surface area contributed by atoms with E-state index in [0.717, 1.165) is 17.5 Å².